The molecule has 0 saturated heterocycles. The summed E-state index contributed by atoms with van der Waals surface area (Å²) in [5.41, 5.74) is -0.221. The Morgan fingerprint density at radius 3 is 2.95 bits per heavy atom. The standard InChI is InChI=1S/C11H10N6O4/c1-2-16-14-11(13-15-16)12-10(18)7-21-9-6-4-3-5-8(9)17(19)20/h2-6H,1,7H2,(H,12,14,18). The molecule has 2 aromatic rings. The number of para-hydroxylation sites is 2. The van der Waals surface area contributed by atoms with E-state index in [1.165, 1.54) is 24.4 Å². The number of carbonyl (C=O) groups is 1. The number of benzene rings is 1. The number of carbonyl (C=O) groups excluding carboxylic acids is 1. The van der Waals surface area contributed by atoms with Crippen LogP contribution in [0.2, 0.25) is 0 Å². The minimum Gasteiger partial charge on any atom is -0.477 e. The molecular formula is C11H10N6O4. The van der Waals surface area contributed by atoms with E-state index in [0.717, 1.165) is 4.80 Å². The van der Waals surface area contributed by atoms with Gasteiger partial charge >= 0.3 is 5.69 Å². The molecule has 0 unspecified atom stereocenters. The van der Waals surface area contributed by atoms with E-state index in [1.54, 1.807) is 6.07 Å². The van der Waals surface area contributed by atoms with Crippen molar-refractivity contribution in [2.24, 2.45) is 0 Å². The van der Waals surface area contributed by atoms with Gasteiger partial charge in [0.05, 0.1) is 4.92 Å². The lowest BCUT2D eigenvalue weighted by Gasteiger charge is -2.05. The van der Waals surface area contributed by atoms with E-state index in [0.29, 0.717) is 0 Å². The number of nitrogens with zero attached hydrogens (tertiary/aromatic N) is 5. The van der Waals surface area contributed by atoms with Crippen molar-refractivity contribution >= 4 is 23.7 Å². The molecule has 0 aliphatic carbocycles. The summed E-state index contributed by atoms with van der Waals surface area (Å²) in [7, 11) is 0. The van der Waals surface area contributed by atoms with Crippen LogP contribution in [0.5, 0.6) is 5.75 Å². The second kappa shape index (κ2) is 6.23. The normalized spacial score (nSPS) is 9.90. The summed E-state index contributed by atoms with van der Waals surface area (Å²) in [5.74, 6) is -0.594. The van der Waals surface area contributed by atoms with Gasteiger partial charge in [-0.25, -0.2) is 0 Å². The van der Waals surface area contributed by atoms with Crippen LogP contribution in [0.15, 0.2) is 30.8 Å². The van der Waals surface area contributed by atoms with Crippen LogP contribution >= 0.6 is 0 Å². The fourth-order valence-electron chi connectivity index (χ4n) is 1.39. The molecule has 1 aromatic heterocycles. The van der Waals surface area contributed by atoms with Crippen LogP contribution in [-0.2, 0) is 4.79 Å². The Bertz CT molecular complexity index is 683. The number of aromatic nitrogens is 4. The van der Waals surface area contributed by atoms with E-state index in [1.807, 2.05) is 0 Å². The summed E-state index contributed by atoms with van der Waals surface area (Å²) in [4.78, 5) is 22.9. The molecule has 10 heteroatoms. The zero-order chi connectivity index (χ0) is 15.2. The van der Waals surface area contributed by atoms with Gasteiger partial charge in [0.15, 0.2) is 12.4 Å². The highest BCUT2D eigenvalue weighted by molar-refractivity contribution is 5.90. The van der Waals surface area contributed by atoms with Gasteiger partial charge in [-0.3, -0.25) is 20.2 Å². The summed E-state index contributed by atoms with van der Waals surface area (Å²) >= 11 is 0. The summed E-state index contributed by atoms with van der Waals surface area (Å²) in [5, 5.41) is 24.0. The molecule has 0 aliphatic heterocycles. The van der Waals surface area contributed by atoms with Crippen LogP contribution in [-0.4, -0.2) is 37.6 Å². The molecule has 0 spiro atoms. The van der Waals surface area contributed by atoms with Crippen molar-refractivity contribution < 1.29 is 14.5 Å². The molecule has 0 aliphatic rings. The van der Waals surface area contributed by atoms with Crippen LogP contribution in [0.1, 0.15) is 0 Å². The summed E-state index contributed by atoms with van der Waals surface area (Å²) in [6, 6.07) is 5.75. The molecule has 21 heavy (non-hydrogen) atoms. The third-order valence-electron chi connectivity index (χ3n) is 2.26. The third-order valence-corrected chi connectivity index (χ3v) is 2.26. The molecule has 108 valence electrons. The Hall–Kier alpha value is -3.30. The van der Waals surface area contributed by atoms with Gasteiger partial charge in [0.25, 0.3) is 11.9 Å². The molecule has 0 radical (unpaired) electrons. The number of amides is 1. The smallest absolute Gasteiger partial charge is 0.310 e. The van der Waals surface area contributed by atoms with E-state index < -0.39 is 17.4 Å². The van der Waals surface area contributed by atoms with E-state index in [2.05, 4.69) is 27.3 Å². The predicted molar refractivity (Wildman–Crippen MR) is 71.4 cm³/mol. The van der Waals surface area contributed by atoms with Gasteiger partial charge in [-0.05, 0) is 11.3 Å². The molecule has 0 atom stereocenters. The number of hydrogen-bond donors (Lipinski definition) is 1. The van der Waals surface area contributed by atoms with Gasteiger partial charge in [-0.2, -0.15) is 0 Å². The fraction of sp³-hybridized carbons (Fsp3) is 0.0909. The summed E-state index contributed by atoms with van der Waals surface area (Å²) in [6.45, 7) is 3.00. The lowest BCUT2D eigenvalue weighted by Crippen LogP contribution is -2.21. The lowest BCUT2D eigenvalue weighted by molar-refractivity contribution is -0.385. The van der Waals surface area contributed by atoms with Crippen LogP contribution in [0.4, 0.5) is 11.6 Å². The molecule has 2 rings (SSSR count). The Labute approximate surface area is 118 Å². The molecular weight excluding hydrogens is 280 g/mol. The number of nitro benzene ring substituents is 1. The first kappa shape index (κ1) is 14.1. The highest BCUT2D eigenvalue weighted by Gasteiger charge is 2.15. The van der Waals surface area contributed by atoms with E-state index in [-0.39, 0.29) is 17.4 Å². The number of tetrazole rings is 1. The quantitative estimate of drug-likeness (QED) is 0.613. The van der Waals surface area contributed by atoms with Gasteiger partial charge in [0, 0.05) is 12.3 Å². The number of rotatable bonds is 6. The van der Waals surface area contributed by atoms with Crippen LogP contribution in [0.3, 0.4) is 0 Å². The Kier molecular flexibility index (Phi) is 4.19. The molecule has 1 heterocycles. The van der Waals surface area contributed by atoms with E-state index in [9.17, 15) is 14.9 Å². The van der Waals surface area contributed by atoms with Gasteiger partial charge in [-0.1, -0.05) is 23.8 Å². The number of anilines is 1. The number of ether oxygens (including phenoxy) is 1. The molecule has 0 bridgehead atoms. The van der Waals surface area contributed by atoms with Crippen LogP contribution < -0.4 is 10.1 Å². The number of hydrogen-bond acceptors (Lipinski definition) is 7. The Morgan fingerprint density at radius 2 is 2.29 bits per heavy atom. The van der Waals surface area contributed by atoms with Gasteiger partial charge < -0.3 is 4.74 Å². The Balaban J connectivity index is 1.95. The van der Waals surface area contributed by atoms with Crippen molar-refractivity contribution in [2.45, 2.75) is 0 Å². The molecule has 10 nitrogen and oxygen atoms in total. The number of nitro groups is 1. The third kappa shape index (κ3) is 3.59. The maximum atomic E-state index is 11.6. The van der Waals surface area contributed by atoms with Crippen molar-refractivity contribution in [1.29, 1.82) is 0 Å². The average Bonchev–Trinajstić information content (AvgIpc) is 2.93. The molecule has 1 amide bonds. The monoisotopic (exact) mass is 290 g/mol. The zero-order valence-electron chi connectivity index (χ0n) is 10.7. The second-order valence-electron chi connectivity index (χ2n) is 3.68. The van der Waals surface area contributed by atoms with Crippen molar-refractivity contribution in [3.63, 3.8) is 0 Å². The maximum Gasteiger partial charge on any atom is 0.310 e. The molecule has 0 fully saturated rings. The van der Waals surface area contributed by atoms with E-state index in [4.69, 9.17) is 4.74 Å². The van der Waals surface area contributed by atoms with Crippen LogP contribution in [0, 0.1) is 10.1 Å². The Morgan fingerprint density at radius 1 is 1.52 bits per heavy atom. The first-order valence-electron chi connectivity index (χ1n) is 5.68. The topological polar surface area (TPSA) is 125 Å². The fourth-order valence-corrected chi connectivity index (χ4v) is 1.39. The SMILES string of the molecule is C=Cn1nnc(NC(=O)COc2ccccc2[N+](=O)[O-])n1. The van der Waals surface area contributed by atoms with Gasteiger partial charge in [-0.15, -0.1) is 9.90 Å². The van der Waals surface area contributed by atoms with Crippen molar-refractivity contribution in [2.75, 3.05) is 11.9 Å². The first-order valence-corrected chi connectivity index (χ1v) is 5.68. The number of nitrogens with one attached hydrogen (secondary N) is 1. The van der Waals surface area contributed by atoms with Crippen LogP contribution in [0.25, 0.3) is 6.20 Å². The minimum atomic E-state index is -0.593. The van der Waals surface area contributed by atoms with E-state index >= 15 is 0 Å². The maximum absolute atomic E-state index is 11.6. The molecule has 1 N–H and O–H groups in total. The largest absolute Gasteiger partial charge is 0.477 e. The van der Waals surface area contributed by atoms with Gasteiger partial charge in [0.1, 0.15) is 0 Å². The average molecular weight is 290 g/mol. The zero-order valence-corrected chi connectivity index (χ0v) is 10.7. The molecule has 0 saturated carbocycles. The summed E-state index contributed by atoms with van der Waals surface area (Å²) < 4.78 is 5.11. The minimum absolute atomic E-state index is 0.000329. The highest BCUT2D eigenvalue weighted by Crippen LogP contribution is 2.25. The van der Waals surface area contributed by atoms with Crippen molar-refractivity contribution in [1.82, 2.24) is 20.2 Å². The van der Waals surface area contributed by atoms with Crippen molar-refractivity contribution in [3.05, 3.63) is 41.0 Å². The highest BCUT2D eigenvalue weighted by atomic mass is 16.6. The summed E-state index contributed by atoms with van der Waals surface area (Å²) in [6.07, 6.45) is 1.30. The lowest BCUT2D eigenvalue weighted by atomic mass is 10.3. The van der Waals surface area contributed by atoms with Crippen molar-refractivity contribution in [3.8, 4) is 5.75 Å². The first-order chi connectivity index (χ1) is 10.1. The second-order valence-corrected chi connectivity index (χ2v) is 3.68. The molecule has 1 aromatic carbocycles. The predicted octanol–water partition coefficient (Wildman–Crippen LogP) is 0.699. The van der Waals surface area contributed by atoms with Gasteiger partial charge in [0.2, 0.25) is 0 Å².